The van der Waals surface area contributed by atoms with Crippen molar-refractivity contribution < 1.29 is 5.11 Å². The first kappa shape index (κ1) is 11.0. The van der Waals surface area contributed by atoms with Gasteiger partial charge in [-0.1, -0.05) is 34.9 Å². The lowest BCUT2D eigenvalue weighted by Gasteiger charge is -2.12. The summed E-state index contributed by atoms with van der Waals surface area (Å²) in [7, 11) is 0. The number of hydrogen-bond acceptors (Lipinski definition) is 1. The molecule has 76 valence electrons. The number of aryl methyl sites for hydroxylation is 2. The summed E-state index contributed by atoms with van der Waals surface area (Å²) < 4.78 is 0. The van der Waals surface area contributed by atoms with Gasteiger partial charge in [-0.05, 0) is 32.8 Å². The highest BCUT2D eigenvalue weighted by atomic mass is 16.3. The zero-order valence-corrected chi connectivity index (χ0v) is 9.17. The maximum atomic E-state index is 9.88. The Morgan fingerprint density at radius 2 is 1.79 bits per heavy atom. The van der Waals surface area contributed by atoms with Gasteiger partial charge in [0, 0.05) is 0 Å². The van der Waals surface area contributed by atoms with Crippen molar-refractivity contribution in [1.29, 1.82) is 0 Å². The summed E-state index contributed by atoms with van der Waals surface area (Å²) in [5, 5.41) is 9.88. The molecule has 1 heteroatoms. The molecule has 1 unspecified atom stereocenters. The largest absolute Gasteiger partial charge is 0.388 e. The van der Waals surface area contributed by atoms with Crippen molar-refractivity contribution in [3.8, 4) is 0 Å². The van der Waals surface area contributed by atoms with E-state index in [1.54, 1.807) is 0 Å². The van der Waals surface area contributed by atoms with Crippen LogP contribution in [-0.2, 0) is 0 Å². The van der Waals surface area contributed by atoms with Crippen LogP contribution in [0.1, 0.15) is 36.1 Å². The second kappa shape index (κ2) is 4.43. The van der Waals surface area contributed by atoms with Crippen LogP contribution in [0.25, 0.3) is 0 Å². The number of benzene rings is 1. The molecule has 1 rings (SSSR count). The van der Waals surface area contributed by atoms with E-state index in [0.29, 0.717) is 6.42 Å². The Kier molecular flexibility index (Phi) is 3.48. The highest BCUT2D eigenvalue weighted by Crippen LogP contribution is 2.22. The summed E-state index contributed by atoms with van der Waals surface area (Å²) in [5.41, 5.74) is 4.39. The molecule has 0 amide bonds. The fourth-order valence-corrected chi connectivity index (χ4v) is 1.65. The summed E-state index contributed by atoms with van der Waals surface area (Å²) in [6.07, 6.45) is 0.231. The van der Waals surface area contributed by atoms with Crippen molar-refractivity contribution in [3.63, 3.8) is 0 Å². The Morgan fingerprint density at radius 3 is 2.21 bits per heavy atom. The van der Waals surface area contributed by atoms with Crippen LogP contribution in [-0.4, -0.2) is 5.11 Å². The smallest absolute Gasteiger partial charge is 0.0827 e. The summed E-state index contributed by atoms with van der Waals surface area (Å²) in [6, 6.07) is 6.16. The minimum Gasteiger partial charge on any atom is -0.388 e. The minimum absolute atomic E-state index is 0.411. The average molecular weight is 190 g/mol. The van der Waals surface area contributed by atoms with Gasteiger partial charge in [-0.3, -0.25) is 0 Å². The Bertz CT molecular complexity index is 319. The van der Waals surface area contributed by atoms with Crippen molar-refractivity contribution in [2.45, 2.75) is 33.3 Å². The summed E-state index contributed by atoms with van der Waals surface area (Å²) >= 11 is 0. The van der Waals surface area contributed by atoms with Crippen molar-refractivity contribution in [3.05, 3.63) is 47.0 Å². The van der Waals surface area contributed by atoms with Crippen molar-refractivity contribution >= 4 is 0 Å². The first-order valence-electron chi connectivity index (χ1n) is 4.89. The van der Waals surface area contributed by atoms with Crippen LogP contribution in [0.15, 0.2) is 30.4 Å². The summed E-state index contributed by atoms with van der Waals surface area (Å²) in [4.78, 5) is 0. The molecule has 0 aromatic heterocycles. The molecule has 1 nitrogen and oxygen atoms in total. The van der Waals surface area contributed by atoms with E-state index in [1.165, 1.54) is 11.1 Å². The third kappa shape index (κ3) is 3.00. The third-order valence-corrected chi connectivity index (χ3v) is 2.17. The van der Waals surface area contributed by atoms with Crippen LogP contribution >= 0.6 is 0 Å². The van der Waals surface area contributed by atoms with Crippen LogP contribution in [0.2, 0.25) is 0 Å². The predicted molar refractivity (Wildman–Crippen MR) is 60.3 cm³/mol. The van der Waals surface area contributed by atoms with E-state index in [4.69, 9.17) is 0 Å². The van der Waals surface area contributed by atoms with Gasteiger partial charge in [0.05, 0.1) is 6.10 Å². The van der Waals surface area contributed by atoms with Crippen molar-refractivity contribution in [1.82, 2.24) is 0 Å². The quantitative estimate of drug-likeness (QED) is 0.725. The first-order chi connectivity index (χ1) is 6.49. The Balaban J connectivity index is 2.89. The molecule has 14 heavy (non-hydrogen) atoms. The molecule has 0 bridgehead atoms. The minimum atomic E-state index is -0.411. The molecule has 1 aromatic rings. The van der Waals surface area contributed by atoms with E-state index >= 15 is 0 Å². The highest BCUT2D eigenvalue weighted by molar-refractivity contribution is 5.30. The number of aliphatic hydroxyl groups excluding tert-OH is 1. The molecular weight excluding hydrogens is 172 g/mol. The SMILES string of the molecule is C=C(C)CC(O)c1cc(C)cc(C)c1. The van der Waals surface area contributed by atoms with Crippen molar-refractivity contribution in [2.24, 2.45) is 0 Å². The lowest BCUT2D eigenvalue weighted by molar-refractivity contribution is 0.178. The molecule has 0 spiro atoms. The molecule has 0 aliphatic carbocycles. The zero-order valence-electron chi connectivity index (χ0n) is 9.17. The van der Waals surface area contributed by atoms with E-state index in [-0.39, 0.29) is 0 Å². The molecule has 1 aromatic carbocycles. The van der Waals surface area contributed by atoms with Gasteiger partial charge in [0.15, 0.2) is 0 Å². The standard InChI is InChI=1S/C13H18O/c1-9(2)5-13(14)12-7-10(3)6-11(4)8-12/h6-8,13-14H,1,5H2,2-4H3. The summed E-state index contributed by atoms with van der Waals surface area (Å²) in [5.74, 6) is 0. The van der Waals surface area contributed by atoms with Gasteiger partial charge in [-0.15, -0.1) is 6.58 Å². The Labute approximate surface area is 86.1 Å². The van der Waals surface area contributed by atoms with Crippen LogP contribution in [0.4, 0.5) is 0 Å². The lowest BCUT2D eigenvalue weighted by atomic mass is 9.99. The number of hydrogen-bond donors (Lipinski definition) is 1. The monoisotopic (exact) mass is 190 g/mol. The van der Waals surface area contributed by atoms with E-state index in [2.05, 4.69) is 12.6 Å². The Hall–Kier alpha value is -1.08. The lowest BCUT2D eigenvalue weighted by Crippen LogP contribution is -1.98. The molecule has 0 aliphatic rings. The third-order valence-electron chi connectivity index (χ3n) is 2.17. The van der Waals surface area contributed by atoms with E-state index in [1.807, 2.05) is 32.9 Å². The average Bonchev–Trinajstić information content (AvgIpc) is 2.00. The topological polar surface area (TPSA) is 20.2 Å². The van der Waals surface area contributed by atoms with E-state index in [0.717, 1.165) is 11.1 Å². The molecule has 1 atom stereocenters. The molecule has 0 aliphatic heterocycles. The number of aliphatic hydroxyl groups is 1. The fraction of sp³-hybridized carbons (Fsp3) is 0.385. The summed E-state index contributed by atoms with van der Waals surface area (Å²) in [6.45, 7) is 9.83. The highest BCUT2D eigenvalue weighted by Gasteiger charge is 2.07. The molecule has 0 heterocycles. The molecule has 0 fully saturated rings. The zero-order chi connectivity index (χ0) is 10.7. The molecule has 1 N–H and O–H groups in total. The normalized spacial score (nSPS) is 12.6. The second-order valence-corrected chi connectivity index (χ2v) is 4.10. The second-order valence-electron chi connectivity index (χ2n) is 4.10. The fourth-order valence-electron chi connectivity index (χ4n) is 1.65. The molecule has 0 radical (unpaired) electrons. The van der Waals surface area contributed by atoms with E-state index < -0.39 is 6.10 Å². The van der Waals surface area contributed by atoms with Gasteiger partial charge >= 0.3 is 0 Å². The predicted octanol–water partition coefficient (Wildman–Crippen LogP) is 3.30. The van der Waals surface area contributed by atoms with Gasteiger partial charge in [-0.25, -0.2) is 0 Å². The van der Waals surface area contributed by atoms with Crippen LogP contribution in [0, 0.1) is 13.8 Å². The Morgan fingerprint density at radius 1 is 1.29 bits per heavy atom. The maximum absolute atomic E-state index is 9.88. The van der Waals surface area contributed by atoms with Crippen LogP contribution in [0.3, 0.4) is 0 Å². The number of rotatable bonds is 3. The molecule has 0 saturated heterocycles. The van der Waals surface area contributed by atoms with Gasteiger partial charge in [-0.2, -0.15) is 0 Å². The van der Waals surface area contributed by atoms with Crippen LogP contribution in [0.5, 0.6) is 0 Å². The van der Waals surface area contributed by atoms with Gasteiger partial charge in [0.2, 0.25) is 0 Å². The maximum Gasteiger partial charge on any atom is 0.0827 e. The molecular formula is C13H18O. The van der Waals surface area contributed by atoms with Crippen molar-refractivity contribution in [2.75, 3.05) is 0 Å². The van der Waals surface area contributed by atoms with Gasteiger partial charge in [0.1, 0.15) is 0 Å². The van der Waals surface area contributed by atoms with E-state index in [9.17, 15) is 5.11 Å². The molecule has 0 saturated carbocycles. The van der Waals surface area contributed by atoms with Gasteiger partial charge < -0.3 is 5.11 Å². The first-order valence-corrected chi connectivity index (χ1v) is 4.89. The van der Waals surface area contributed by atoms with Gasteiger partial charge in [0.25, 0.3) is 0 Å². The van der Waals surface area contributed by atoms with Crippen LogP contribution < -0.4 is 0 Å².